The predicted octanol–water partition coefficient (Wildman–Crippen LogP) is 1.53. The Morgan fingerprint density at radius 2 is 1.93 bits per heavy atom. The highest BCUT2D eigenvalue weighted by molar-refractivity contribution is 5.76. The van der Waals surface area contributed by atoms with Crippen LogP contribution in [0.5, 0.6) is 0 Å². The molecule has 0 aliphatic heterocycles. The molecule has 1 heterocycles. The quantitative estimate of drug-likeness (QED) is 0.754. The lowest BCUT2D eigenvalue weighted by Gasteiger charge is -2.30. The normalized spacial score (nSPS) is 11.1. The molecule has 1 amide bonds. The molecular weight excluding hydrogens is 190 g/mol. The van der Waals surface area contributed by atoms with Crippen molar-refractivity contribution in [2.75, 3.05) is 0 Å². The summed E-state index contributed by atoms with van der Waals surface area (Å²) in [6, 6.07) is 0.474. The minimum Gasteiger partial charge on any atom is -0.336 e. The Balaban J connectivity index is 2.65. The zero-order chi connectivity index (χ0) is 11.4. The number of amides is 1. The zero-order valence-corrected chi connectivity index (χ0v) is 9.84. The van der Waals surface area contributed by atoms with E-state index in [0.29, 0.717) is 6.54 Å². The summed E-state index contributed by atoms with van der Waals surface area (Å²) < 4.78 is 1.79. The molecule has 0 spiro atoms. The fraction of sp³-hybridized carbons (Fsp3) is 0.636. The summed E-state index contributed by atoms with van der Waals surface area (Å²) in [6.45, 7) is 8.51. The van der Waals surface area contributed by atoms with Gasteiger partial charge in [-0.2, -0.15) is 0 Å². The fourth-order valence-corrected chi connectivity index (χ4v) is 1.79. The molecule has 0 aliphatic carbocycles. The highest BCUT2D eigenvalue weighted by Gasteiger charge is 2.19. The topological polar surface area (TPSA) is 38.1 Å². The van der Waals surface area contributed by atoms with E-state index in [-0.39, 0.29) is 18.0 Å². The van der Waals surface area contributed by atoms with Gasteiger partial charge in [-0.05, 0) is 27.7 Å². The maximum absolute atomic E-state index is 12.0. The molecule has 84 valence electrons. The van der Waals surface area contributed by atoms with Gasteiger partial charge in [0.15, 0.2) is 0 Å². The first-order valence-electron chi connectivity index (χ1n) is 5.29. The summed E-state index contributed by atoms with van der Waals surface area (Å²) in [7, 11) is 0. The Kier molecular flexibility index (Phi) is 3.88. The molecule has 0 atom stereocenters. The van der Waals surface area contributed by atoms with Gasteiger partial charge < -0.3 is 9.47 Å². The second-order valence-corrected chi connectivity index (χ2v) is 4.22. The number of aromatic nitrogens is 2. The highest BCUT2D eigenvalue weighted by Crippen LogP contribution is 2.06. The molecule has 0 aromatic carbocycles. The molecule has 1 aromatic heterocycles. The van der Waals surface area contributed by atoms with Crippen LogP contribution in [-0.2, 0) is 11.3 Å². The van der Waals surface area contributed by atoms with E-state index in [1.165, 1.54) is 0 Å². The van der Waals surface area contributed by atoms with Crippen molar-refractivity contribution in [3.63, 3.8) is 0 Å². The fourth-order valence-electron chi connectivity index (χ4n) is 1.79. The van der Waals surface area contributed by atoms with Crippen molar-refractivity contribution in [3.8, 4) is 0 Å². The van der Waals surface area contributed by atoms with Crippen LogP contribution in [0.25, 0.3) is 0 Å². The van der Waals surface area contributed by atoms with Gasteiger partial charge in [-0.25, -0.2) is 4.98 Å². The highest BCUT2D eigenvalue weighted by atomic mass is 16.2. The van der Waals surface area contributed by atoms with Crippen molar-refractivity contribution in [3.05, 3.63) is 18.7 Å². The van der Waals surface area contributed by atoms with Crippen molar-refractivity contribution in [2.24, 2.45) is 0 Å². The summed E-state index contributed by atoms with van der Waals surface area (Å²) in [5.74, 6) is 0.137. The largest absolute Gasteiger partial charge is 0.336 e. The SMILES string of the molecule is CC(C)N(C(=O)Cn1ccnc1)C(C)C. The maximum Gasteiger partial charge on any atom is 0.243 e. The van der Waals surface area contributed by atoms with Crippen molar-refractivity contribution in [1.82, 2.24) is 14.5 Å². The molecule has 0 aliphatic rings. The predicted molar refractivity (Wildman–Crippen MR) is 59.3 cm³/mol. The van der Waals surface area contributed by atoms with Crippen LogP contribution >= 0.6 is 0 Å². The van der Waals surface area contributed by atoms with Crippen LogP contribution in [0.3, 0.4) is 0 Å². The van der Waals surface area contributed by atoms with E-state index in [1.807, 2.05) is 32.6 Å². The Labute approximate surface area is 90.9 Å². The third-order valence-corrected chi connectivity index (χ3v) is 2.28. The summed E-state index contributed by atoms with van der Waals surface area (Å²) in [5, 5.41) is 0. The van der Waals surface area contributed by atoms with Gasteiger partial charge in [-0.1, -0.05) is 0 Å². The van der Waals surface area contributed by atoms with Crippen LogP contribution in [0.1, 0.15) is 27.7 Å². The monoisotopic (exact) mass is 209 g/mol. The number of nitrogens with zero attached hydrogens (tertiary/aromatic N) is 3. The summed E-state index contributed by atoms with van der Waals surface area (Å²) >= 11 is 0. The van der Waals surface area contributed by atoms with Gasteiger partial charge in [0.2, 0.25) is 5.91 Å². The molecule has 0 unspecified atom stereocenters. The van der Waals surface area contributed by atoms with Crippen molar-refractivity contribution < 1.29 is 4.79 Å². The van der Waals surface area contributed by atoms with Crippen LogP contribution in [0, 0.1) is 0 Å². The van der Waals surface area contributed by atoms with Gasteiger partial charge in [-0.3, -0.25) is 4.79 Å². The second-order valence-electron chi connectivity index (χ2n) is 4.22. The van der Waals surface area contributed by atoms with Crippen LogP contribution in [0.2, 0.25) is 0 Å². The molecule has 0 N–H and O–H groups in total. The average Bonchev–Trinajstić information content (AvgIpc) is 2.54. The van der Waals surface area contributed by atoms with Gasteiger partial charge >= 0.3 is 0 Å². The smallest absolute Gasteiger partial charge is 0.243 e. The molecule has 1 aromatic rings. The van der Waals surface area contributed by atoms with E-state index < -0.39 is 0 Å². The minimum atomic E-state index is 0.137. The van der Waals surface area contributed by atoms with Crippen molar-refractivity contribution in [1.29, 1.82) is 0 Å². The summed E-state index contributed by atoms with van der Waals surface area (Å²) in [6.07, 6.45) is 5.15. The van der Waals surface area contributed by atoms with Crippen molar-refractivity contribution in [2.45, 2.75) is 46.3 Å². The molecule has 4 heteroatoms. The lowest BCUT2D eigenvalue weighted by molar-refractivity contribution is -0.135. The Morgan fingerprint density at radius 1 is 1.33 bits per heavy atom. The number of rotatable bonds is 4. The van der Waals surface area contributed by atoms with Crippen molar-refractivity contribution >= 4 is 5.91 Å². The third-order valence-electron chi connectivity index (χ3n) is 2.28. The molecule has 0 saturated heterocycles. The number of carbonyl (C=O) groups excluding carboxylic acids is 1. The van der Waals surface area contributed by atoms with Gasteiger partial charge in [-0.15, -0.1) is 0 Å². The van der Waals surface area contributed by atoms with E-state index in [9.17, 15) is 4.79 Å². The third kappa shape index (κ3) is 3.08. The summed E-state index contributed by atoms with van der Waals surface area (Å²) in [5.41, 5.74) is 0. The Hall–Kier alpha value is -1.32. The number of imidazole rings is 1. The molecule has 0 fully saturated rings. The molecule has 0 radical (unpaired) electrons. The molecule has 1 rings (SSSR count). The van der Waals surface area contributed by atoms with Gasteiger partial charge in [0.05, 0.1) is 6.33 Å². The molecule has 4 nitrogen and oxygen atoms in total. The lowest BCUT2D eigenvalue weighted by Crippen LogP contribution is -2.43. The zero-order valence-electron chi connectivity index (χ0n) is 9.84. The first-order chi connectivity index (χ1) is 7.02. The van der Waals surface area contributed by atoms with E-state index >= 15 is 0 Å². The van der Waals surface area contributed by atoms with Crippen LogP contribution in [-0.4, -0.2) is 32.4 Å². The minimum absolute atomic E-state index is 0.137. The van der Waals surface area contributed by atoms with Crippen LogP contribution in [0.15, 0.2) is 18.7 Å². The number of hydrogen-bond donors (Lipinski definition) is 0. The number of hydrogen-bond acceptors (Lipinski definition) is 2. The van der Waals surface area contributed by atoms with Gasteiger partial charge in [0, 0.05) is 24.5 Å². The lowest BCUT2D eigenvalue weighted by atomic mass is 10.2. The van der Waals surface area contributed by atoms with E-state index in [2.05, 4.69) is 4.98 Å². The summed E-state index contributed by atoms with van der Waals surface area (Å²) in [4.78, 5) is 17.8. The number of carbonyl (C=O) groups is 1. The van der Waals surface area contributed by atoms with Crippen LogP contribution in [0.4, 0.5) is 0 Å². The molecule has 15 heavy (non-hydrogen) atoms. The first-order valence-corrected chi connectivity index (χ1v) is 5.29. The molecule has 0 saturated carbocycles. The Morgan fingerprint density at radius 3 is 2.33 bits per heavy atom. The van der Waals surface area contributed by atoms with E-state index in [0.717, 1.165) is 0 Å². The average molecular weight is 209 g/mol. The van der Waals surface area contributed by atoms with Crippen LogP contribution < -0.4 is 0 Å². The van der Waals surface area contributed by atoms with E-state index in [1.54, 1.807) is 23.3 Å². The first kappa shape index (κ1) is 11.8. The molecular formula is C11H19N3O. The maximum atomic E-state index is 12.0. The van der Waals surface area contributed by atoms with Gasteiger partial charge in [0.25, 0.3) is 0 Å². The Bertz CT molecular complexity index is 296. The van der Waals surface area contributed by atoms with Gasteiger partial charge in [0.1, 0.15) is 6.54 Å². The van der Waals surface area contributed by atoms with E-state index in [4.69, 9.17) is 0 Å². The molecule has 0 bridgehead atoms. The second kappa shape index (κ2) is 4.96. The standard InChI is InChI=1S/C11H19N3O/c1-9(2)14(10(3)4)11(15)7-13-6-5-12-8-13/h5-6,8-10H,7H2,1-4H3.